The maximum Gasteiger partial charge on any atom is 0.255 e. The van der Waals surface area contributed by atoms with E-state index in [9.17, 15) is 4.79 Å². The van der Waals surface area contributed by atoms with Crippen molar-refractivity contribution in [3.05, 3.63) is 89.3 Å². The van der Waals surface area contributed by atoms with E-state index in [-0.39, 0.29) is 5.91 Å². The fourth-order valence-electron chi connectivity index (χ4n) is 3.51. The Morgan fingerprint density at radius 3 is 2.67 bits per heavy atom. The second-order valence-electron chi connectivity index (χ2n) is 7.39. The number of para-hydroxylation sites is 2. The van der Waals surface area contributed by atoms with Crippen LogP contribution in [0.5, 0.6) is 0 Å². The number of hydrogen-bond acceptors (Lipinski definition) is 6. The Balaban J connectivity index is 1.32. The second kappa shape index (κ2) is 8.57. The van der Waals surface area contributed by atoms with Crippen LogP contribution in [0, 0.1) is 6.92 Å². The molecule has 164 valence electrons. The number of rotatable bonds is 5. The Kier molecular flexibility index (Phi) is 5.45. The molecule has 33 heavy (non-hydrogen) atoms. The predicted molar refractivity (Wildman–Crippen MR) is 135 cm³/mol. The van der Waals surface area contributed by atoms with Crippen molar-refractivity contribution in [3.8, 4) is 10.6 Å². The van der Waals surface area contributed by atoms with Crippen molar-refractivity contribution in [2.45, 2.75) is 6.92 Å². The first-order valence-corrected chi connectivity index (χ1v) is 11.3. The molecule has 3 aromatic heterocycles. The van der Waals surface area contributed by atoms with E-state index in [1.165, 1.54) is 11.3 Å². The zero-order chi connectivity index (χ0) is 22.9. The monoisotopic (exact) mass is 474 g/mol. The van der Waals surface area contributed by atoms with Crippen LogP contribution in [0.3, 0.4) is 0 Å². The van der Waals surface area contributed by atoms with Crippen LogP contribution in [-0.2, 0) is 0 Å². The third kappa shape index (κ3) is 4.26. The number of nitrogens with two attached hydrogens (primary N) is 1. The molecular weight excluding hydrogens is 456 g/mol. The first-order chi connectivity index (χ1) is 16.0. The number of thiazole rings is 1. The minimum atomic E-state index is -0.224. The van der Waals surface area contributed by atoms with Gasteiger partial charge >= 0.3 is 0 Å². The van der Waals surface area contributed by atoms with Gasteiger partial charge in [-0.05, 0) is 55.5 Å². The number of fused-ring (bicyclic) bond motifs is 1. The SMILES string of the molecule is Cc1nc2ccc(Cl)cn2c1-c1cnc(Nc2ccc(C(=O)Nc3ccccc3N)cc2)s1. The number of nitrogens with one attached hydrogen (secondary N) is 2. The number of carbonyl (C=O) groups excluding carboxylic acids is 1. The summed E-state index contributed by atoms with van der Waals surface area (Å²) in [6, 6.07) is 18.0. The highest BCUT2D eigenvalue weighted by Gasteiger charge is 2.15. The van der Waals surface area contributed by atoms with Gasteiger partial charge in [-0.15, -0.1) is 0 Å². The zero-order valence-corrected chi connectivity index (χ0v) is 19.1. The van der Waals surface area contributed by atoms with Crippen molar-refractivity contribution in [2.24, 2.45) is 0 Å². The van der Waals surface area contributed by atoms with Crippen molar-refractivity contribution in [1.29, 1.82) is 0 Å². The van der Waals surface area contributed by atoms with Gasteiger partial charge < -0.3 is 16.4 Å². The van der Waals surface area contributed by atoms with Gasteiger partial charge in [-0.2, -0.15) is 0 Å². The summed E-state index contributed by atoms with van der Waals surface area (Å²) in [5, 5.41) is 7.49. The number of nitrogen functional groups attached to an aromatic ring is 1. The average molecular weight is 475 g/mol. The first-order valence-electron chi connectivity index (χ1n) is 10.1. The van der Waals surface area contributed by atoms with Crippen LogP contribution in [0.1, 0.15) is 16.1 Å². The van der Waals surface area contributed by atoms with Crippen molar-refractivity contribution in [2.75, 3.05) is 16.4 Å². The van der Waals surface area contributed by atoms with Crippen molar-refractivity contribution >= 4 is 56.7 Å². The standard InChI is InChI=1S/C24H19ClN6OS/c1-14-22(31-13-16(25)8-11-21(31)28-14)20-12-27-24(33-20)29-17-9-6-15(7-10-17)23(32)30-19-5-3-2-4-18(19)26/h2-13H,26H2,1H3,(H,27,29)(H,30,32). The minimum Gasteiger partial charge on any atom is -0.397 e. The Labute approximate surface area is 198 Å². The number of carbonyl (C=O) groups is 1. The lowest BCUT2D eigenvalue weighted by atomic mass is 10.2. The van der Waals surface area contributed by atoms with Gasteiger partial charge in [-0.3, -0.25) is 9.20 Å². The van der Waals surface area contributed by atoms with E-state index in [1.807, 2.05) is 60.1 Å². The van der Waals surface area contributed by atoms with Gasteiger partial charge in [0.2, 0.25) is 0 Å². The van der Waals surface area contributed by atoms with E-state index in [4.69, 9.17) is 17.3 Å². The third-order valence-electron chi connectivity index (χ3n) is 5.10. The smallest absolute Gasteiger partial charge is 0.255 e. The summed E-state index contributed by atoms with van der Waals surface area (Å²) < 4.78 is 1.97. The number of anilines is 4. The number of halogens is 1. The highest BCUT2D eigenvalue weighted by atomic mass is 35.5. The molecule has 7 nitrogen and oxygen atoms in total. The minimum absolute atomic E-state index is 0.224. The van der Waals surface area contributed by atoms with Crippen molar-refractivity contribution < 1.29 is 4.79 Å². The number of imidazole rings is 1. The molecule has 4 N–H and O–H groups in total. The van der Waals surface area contributed by atoms with Crippen LogP contribution >= 0.6 is 22.9 Å². The molecule has 3 heterocycles. The van der Waals surface area contributed by atoms with Gasteiger partial charge in [0, 0.05) is 23.6 Å². The normalized spacial score (nSPS) is 11.0. The van der Waals surface area contributed by atoms with Gasteiger partial charge in [-0.1, -0.05) is 35.1 Å². The number of pyridine rings is 1. The molecule has 0 aliphatic carbocycles. The zero-order valence-electron chi connectivity index (χ0n) is 17.5. The van der Waals surface area contributed by atoms with Crippen LogP contribution in [0.25, 0.3) is 16.2 Å². The molecule has 5 aromatic rings. The molecule has 2 aromatic carbocycles. The van der Waals surface area contributed by atoms with Crippen LogP contribution in [-0.4, -0.2) is 20.3 Å². The second-order valence-corrected chi connectivity index (χ2v) is 8.86. The lowest BCUT2D eigenvalue weighted by Gasteiger charge is -2.08. The van der Waals surface area contributed by atoms with Crippen LogP contribution in [0.4, 0.5) is 22.2 Å². The number of aromatic nitrogens is 3. The summed E-state index contributed by atoms with van der Waals surface area (Å²) in [7, 11) is 0. The van der Waals surface area contributed by atoms with E-state index in [0.29, 0.717) is 22.0 Å². The third-order valence-corrected chi connectivity index (χ3v) is 6.25. The van der Waals surface area contributed by atoms with Gasteiger partial charge in [0.15, 0.2) is 5.13 Å². The Morgan fingerprint density at radius 1 is 1.09 bits per heavy atom. The van der Waals surface area contributed by atoms with Gasteiger partial charge in [-0.25, -0.2) is 9.97 Å². The number of aryl methyl sites for hydroxylation is 1. The molecule has 0 radical (unpaired) electrons. The van der Waals surface area contributed by atoms with E-state index in [0.717, 1.165) is 32.7 Å². The molecule has 0 fully saturated rings. The molecule has 0 aliphatic heterocycles. The molecule has 9 heteroatoms. The summed E-state index contributed by atoms with van der Waals surface area (Å²) in [5.74, 6) is -0.224. The summed E-state index contributed by atoms with van der Waals surface area (Å²) in [6.07, 6.45) is 3.67. The first kappa shape index (κ1) is 21.0. The molecular formula is C24H19ClN6OS. The summed E-state index contributed by atoms with van der Waals surface area (Å²) in [6.45, 7) is 1.97. The Hall–Kier alpha value is -3.88. The van der Waals surface area contributed by atoms with E-state index < -0.39 is 0 Å². The number of hydrogen-bond donors (Lipinski definition) is 3. The molecule has 1 amide bonds. The maximum absolute atomic E-state index is 12.5. The molecule has 0 saturated heterocycles. The molecule has 0 atom stereocenters. The highest BCUT2D eigenvalue weighted by molar-refractivity contribution is 7.18. The van der Waals surface area contributed by atoms with Crippen LogP contribution in [0.2, 0.25) is 5.02 Å². The summed E-state index contributed by atoms with van der Waals surface area (Å²) in [5.41, 5.74) is 11.1. The van der Waals surface area contributed by atoms with Crippen molar-refractivity contribution in [3.63, 3.8) is 0 Å². The van der Waals surface area contributed by atoms with Crippen molar-refractivity contribution in [1.82, 2.24) is 14.4 Å². The van der Waals surface area contributed by atoms with Crippen LogP contribution < -0.4 is 16.4 Å². The lowest BCUT2D eigenvalue weighted by Crippen LogP contribution is -2.13. The van der Waals surface area contributed by atoms with E-state index in [2.05, 4.69) is 20.6 Å². The molecule has 5 rings (SSSR count). The number of nitrogens with zero attached hydrogens (tertiary/aromatic N) is 3. The Morgan fingerprint density at radius 2 is 1.88 bits per heavy atom. The van der Waals surface area contributed by atoms with Gasteiger partial charge in [0.05, 0.1) is 32.7 Å². The van der Waals surface area contributed by atoms with E-state index in [1.54, 1.807) is 24.3 Å². The van der Waals surface area contributed by atoms with E-state index >= 15 is 0 Å². The fraction of sp³-hybridized carbons (Fsp3) is 0.0417. The summed E-state index contributed by atoms with van der Waals surface area (Å²) >= 11 is 7.69. The number of amides is 1. The molecule has 0 spiro atoms. The molecule has 0 saturated carbocycles. The molecule has 0 unspecified atom stereocenters. The van der Waals surface area contributed by atoms with Gasteiger partial charge in [0.1, 0.15) is 5.65 Å². The predicted octanol–water partition coefficient (Wildman–Crippen LogP) is 6.00. The summed E-state index contributed by atoms with van der Waals surface area (Å²) in [4.78, 5) is 22.6. The lowest BCUT2D eigenvalue weighted by molar-refractivity contribution is 0.102. The van der Waals surface area contributed by atoms with Crippen LogP contribution in [0.15, 0.2) is 73.1 Å². The maximum atomic E-state index is 12.5. The highest BCUT2D eigenvalue weighted by Crippen LogP contribution is 2.33. The average Bonchev–Trinajstić information content (AvgIpc) is 3.38. The topological polar surface area (TPSA) is 97.3 Å². The number of benzene rings is 2. The molecule has 0 bridgehead atoms. The molecule has 0 aliphatic rings. The van der Waals surface area contributed by atoms with Gasteiger partial charge in [0.25, 0.3) is 5.91 Å². The fourth-order valence-corrected chi connectivity index (χ4v) is 4.60. The quantitative estimate of drug-likeness (QED) is 0.271. The largest absolute Gasteiger partial charge is 0.397 e. The Bertz CT molecular complexity index is 1470.